The second-order valence-electron chi connectivity index (χ2n) is 3.87. The lowest BCUT2D eigenvalue weighted by molar-refractivity contribution is 0.0957. The second kappa shape index (κ2) is 5.27. The van der Waals surface area contributed by atoms with Crippen molar-refractivity contribution in [3.8, 4) is 11.1 Å². The molecule has 0 bridgehead atoms. The van der Waals surface area contributed by atoms with Crippen molar-refractivity contribution in [3.05, 3.63) is 59.7 Å². The fraction of sp³-hybridized carbons (Fsp3) is 0.0667. The highest BCUT2D eigenvalue weighted by Crippen LogP contribution is 2.21. The third-order valence-electron chi connectivity index (χ3n) is 2.76. The van der Waals surface area contributed by atoms with Crippen LogP contribution in [-0.4, -0.2) is 19.2 Å². The fourth-order valence-electron chi connectivity index (χ4n) is 1.81. The first-order chi connectivity index (χ1) is 8.76. The van der Waals surface area contributed by atoms with Gasteiger partial charge in [-0.25, -0.2) is 0 Å². The molecule has 0 aliphatic rings. The molecule has 3 nitrogen and oxygen atoms in total. The van der Waals surface area contributed by atoms with Crippen LogP contribution in [0.3, 0.4) is 0 Å². The summed E-state index contributed by atoms with van der Waals surface area (Å²) in [5.41, 5.74) is 2.73. The van der Waals surface area contributed by atoms with E-state index in [2.05, 4.69) is 5.32 Å². The Morgan fingerprint density at radius 2 is 1.78 bits per heavy atom. The number of aldehydes is 1. The van der Waals surface area contributed by atoms with E-state index >= 15 is 0 Å². The maximum atomic E-state index is 11.6. The zero-order valence-electron chi connectivity index (χ0n) is 10.0. The zero-order valence-corrected chi connectivity index (χ0v) is 10.0. The van der Waals surface area contributed by atoms with Gasteiger partial charge in [-0.15, -0.1) is 0 Å². The van der Waals surface area contributed by atoms with Crippen molar-refractivity contribution in [2.75, 3.05) is 7.05 Å². The highest BCUT2D eigenvalue weighted by atomic mass is 16.1. The van der Waals surface area contributed by atoms with Crippen molar-refractivity contribution in [3.63, 3.8) is 0 Å². The minimum Gasteiger partial charge on any atom is -0.355 e. The van der Waals surface area contributed by atoms with E-state index < -0.39 is 0 Å². The van der Waals surface area contributed by atoms with Gasteiger partial charge in [0.2, 0.25) is 0 Å². The Hall–Kier alpha value is -2.42. The molecular weight excluding hydrogens is 226 g/mol. The maximum absolute atomic E-state index is 11.6. The lowest BCUT2D eigenvalue weighted by Gasteiger charge is -2.07. The molecule has 0 fully saturated rings. The number of hydrogen-bond acceptors (Lipinski definition) is 2. The molecule has 1 amide bonds. The van der Waals surface area contributed by atoms with Crippen molar-refractivity contribution in [2.24, 2.45) is 0 Å². The van der Waals surface area contributed by atoms with Gasteiger partial charge in [0, 0.05) is 18.2 Å². The summed E-state index contributed by atoms with van der Waals surface area (Å²) in [4.78, 5) is 22.6. The van der Waals surface area contributed by atoms with Gasteiger partial charge >= 0.3 is 0 Å². The van der Waals surface area contributed by atoms with Gasteiger partial charge in [0.1, 0.15) is 0 Å². The number of carbonyl (C=O) groups excluding carboxylic acids is 2. The predicted molar refractivity (Wildman–Crippen MR) is 70.7 cm³/mol. The van der Waals surface area contributed by atoms with Crippen molar-refractivity contribution < 1.29 is 9.59 Å². The van der Waals surface area contributed by atoms with Crippen molar-refractivity contribution in [2.45, 2.75) is 0 Å². The predicted octanol–water partition coefficient (Wildman–Crippen LogP) is 2.53. The molecule has 90 valence electrons. The number of carbonyl (C=O) groups is 2. The molecule has 0 unspecified atom stereocenters. The summed E-state index contributed by atoms with van der Waals surface area (Å²) in [5.74, 6) is -0.253. The van der Waals surface area contributed by atoms with Gasteiger partial charge in [0.05, 0.1) is 0 Å². The van der Waals surface area contributed by atoms with Crippen LogP contribution >= 0.6 is 0 Å². The summed E-state index contributed by atoms with van der Waals surface area (Å²) in [6.45, 7) is 0. The monoisotopic (exact) mass is 239 g/mol. The zero-order chi connectivity index (χ0) is 13.0. The molecule has 18 heavy (non-hydrogen) atoms. The minimum atomic E-state index is -0.253. The lowest BCUT2D eigenvalue weighted by atomic mass is 9.99. The molecule has 0 radical (unpaired) electrons. The van der Waals surface area contributed by atoms with E-state index in [0.29, 0.717) is 17.4 Å². The largest absolute Gasteiger partial charge is 0.355 e. The molecule has 0 aromatic heterocycles. The van der Waals surface area contributed by atoms with Crippen molar-refractivity contribution >= 4 is 12.2 Å². The number of hydrogen-bond donors (Lipinski definition) is 1. The van der Waals surface area contributed by atoms with E-state index in [1.54, 1.807) is 19.2 Å². The Kier molecular flexibility index (Phi) is 3.53. The normalized spacial score (nSPS) is 9.83. The van der Waals surface area contributed by atoms with E-state index in [4.69, 9.17) is 0 Å². The Morgan fingerprint density at radius 1 is 1.06 bits per heavy atom. The molecule has 1 N–H and O–H groups in total. The highest BCUT2D eigenvalue weighted by Gasteiger charge is 2.10. The quantitative estimate of drug-likeness (QED) is 0.836. The summed E-state index contributed by atoms with van der Waals surface area (Å²) in [6.07, 6.45) is 0.705. The van der Waals surface area contributed by atoms with Crippen molar-refractivity contribution in [1.29, 1.82) is 0 Å². The number of benzene rings is 2. The van der Waals surface area contributed by atoms with Crippen LogP contribution in [-0.2, 0) is 0 Å². The van der Waals surface area contributed by atoms with E-state index in [-0.39, 0.29) is 5.91 Å². The van der Waals surface area contributed by atoms with Crippen LogP contribution in [0.2, 0.25) is 0 Å². The molecule has 0 saturated heterocycles. The standard InChI is InChI=1S/C15H13NO2/c1-16-15(18)14-8-7-12(9-13(14)10-17)11-5-3-2-4-6-11/h2-10H,1H3,(H,16,18). The maximum Gasteiger partial charge on any atom is 0.251 e. The van der Waals surface area contributed by atoms with E-state index in [9.17, 15) is 9.59 Å². The van der Waals surface area contributed by atoms with Crippen LogP contribution in [0.4, 0.5) is 0 Å². The van der Waals surface area contributed by atoms with Gasteiger partial charge in [-0.3, -0.25) is 9.59 Å². The first-order valence-corrected chi connectivity index (χ1v) is 5.63. The summed E-state index contributed by atoms with van der Waals surface area (Å²) >= 11 is 0. The lowest BCUT2D eigenvalue weighted by Crippen LogP contribution is -2.19. The van der Waals surface area contributed by atoms with Gasteiger partial charge in [0.15, 0.2) is 6.29 Å². The van der Waals surface area contributed by atoms with E-state index in [1.807, 2.05) is 36.4 Å². The minimum absolute atomic E-state index is 0.253. The van der Waals surface area contributed by atoms with Gasteiger partial charge in [0.25, 0.3) is 5.91 Å². The summed E-state index contributed by atoms with van der Waals surface area (Å²) < 4.78 is 0. The molecular formula is C15H13NO2. The third-order valence-corrected chi connectivity index (χ3v) is 2.76. The van der Waals surface area contributed by atoms with Gasteiger partial charge < -0.3 is 5.32 Å². The molecule has 0 atom stereocenters. The van der Waals surface area contributed by atoms with Gasteiger partial charge in [-0.05, 0) is 23.3 Å². The molecule has 0 saturated carbocycles. The first-order valence-electron chi connectivity index (χ1n) is 5.63. The van der Waals surface area contributed by atoms with Crippen LogP contribution in [0.15, 0.2) is 48.5 Å². The smallest absolute Gasteiger partial charge is 0.251 e. The average molecular weight is 239 g/mol. The molecule has 0 aliphatic heterocycles. The Bertz CT molecular complexity index is 576. The summed E-state index contributed by atoms with van der Waals surface area (Å²) in [5, 5.41) is 2.52. The van der Waals surface area contributed by atoms with E-state index in [1.165, 1.54) is 0 Å². The third kappa shape index (κ3) is 2.30. The van der Waals surface area contributed by atoms with Crippen LogP contribution in [0.25, 0.3) is 11.1 Å². The van der Waals surface area contributed by atoms with Crippen LogP contribution < -0.4 is 5.32 Å². The topological polar surface area (TPSA) is 46.2 Å². The van der Waals surface area contributed by atoms with Crippen LogP contribution in [0.1, 0.15) is 20.7 Å². The number of rotatable bonds is 3. The van der Waals surface area contributed by atoms with Gasteiger partial charge in [-0.2, -0.15) is 0 Å². The van der Waals surface area contributed by atoms with E-state index in [0.717, 1.165) is 11.1 Å². The highest BCUT2D eigenvalue weighted by molar-refractivity contribution is 6.02. The molecule has 2 aromatic rings. The van der Waals surface area contributed by atoms with Gasteiger partial charge in [-0.1, -0.05) is 36.4 Å². The fourth-order valence-corrected chi connectivity index (χ4v) is 1.81. The summed E-state index contributed by atoms with van der Waals surface area (Å²) in [7, 11) is 1.54. The molecule has 2 rings (SSSR count). The molecule has 0 spiro atoms. The summed E-state index contributed by atoms with van der Waals surface area (Å²) in [6, 6.07) is 15.0. The first kappa shape index (κ1) is 12.0. The van der Waals surface area contributed by atoms with Crippen LogP contribution in [0.5, 0.6) is 0 Å². The molecule has 0 aliphatic carbocycles. The second-order valence-corrected chi connectivity index (χ2v) is 3.87. The Labute approximate surface area is 105 Å². The molecule has 2 aromatic carbocycles. The molecule has 3 heteroatoms. The van der Waals surface area contributed by atoms with Crippen molar-refractivity contribution in [1.82, 2.24) is 5.32 Å². The number of nitrogens with one attached hydrogen (secondary N) is 1. The average Bonchev–Trinajstić information content (AvgIpc) is 2.46. The molecule has 0 heterocycles. The Morgan fingerprint density at radius 3 is 2.39 bits per heavy atom. The number of amides is 1. The SMILES string of the molecule is CNC(=O)c1ccc(-c2ccccc2)cc1C=O. The van der Waals surface area contributed by atoms with Crippen LogP contribution in [0, 0.1) is 0 Å². The Balaban J connectivity index is 2.49.